The van der Waals surface area contributed by atoms with Crippen molar-refractivity contribution < 1.29 is 13.2 Å². The number of alkyl halides is 3. The Morgan fingerprint density at radius 1 is 1.29 bits per heavy atom. The fraction of sp³-hybridized carbons (Fsp3) is 0.600. The summed E-state index contributed by atoms with van der Waals surface area (Å²) in [6.07, 6.45) is -0.718. The van der Waals surface area contributed by atoms with E-state index in [1.54, 1.807) is 0 Å². The van der Waals surface area contributed by atoms with Crippen LogP contribution in [-0.2, 0) is 6.18 Å². The van der Waals surface area contributed by atoms with Crippen molar-refractivity contribution in [1.82, 2.24) is 9.97 Å². The van der Waals surface area contributed by atoms with Crippen molar-refractivity contribution >= 4 is 5.82 Å². The van der Waals surface area contributed by atoms with Crippen molar-refractivity contribution in [2.24, 2.45) is 11.7 Å². The molecule has 1 aliphatic carbocycles. The number of anilines is 1. The van der Waals surface area contributed by atoms with Gasteiger partial charge in [-0.05, 0) is 18.8 Å². The number of halogens is 3. The second-order valence-corrected chi connectivity index (χ2v) is 4.26. The van der Waals surface area contributed by atoms with Crippen LogP contribution >= 0.6 is 0 Å². The van der Waals surface area contributed by atoms with Gasteiger partial charge in [0.05, 0.1) is 12.4 Å². The summed E-state index contributed by atoms with van der Waals surface area (Å²) in [6, 6.07) is 0.264. The molecular formula is C10H13F3N4. The summed E-state index contributed by atoms with van der Waals surface area (Å²) in [5.74, 6) is 0.840. The van der Waals surface area contributed by atoms with Gasteiger partial charge in [-0.25, -0.2) is 9.97 Å². The summed E-state index contributed by atoms with van der Waals surface area (Å²) in [6.45, 7) is 0.674. The molecule has 0 radical (unpaired) electrons. The maximum atomic E-state index is 12.2. The average molecular weight is 246 g/mol. The highest BCUT2D eigenvalue weighted by atomic mass is 19.4. The third kappa shape index (κ3) is 3.06. The number of nitrogens with zero attached hydrogens (tertiary/aromatic N) is 2. The molecule has 1 aliphatic rings. The van der Waals surface area contributed by atoms with Crippen molar-refractivity contribution in [2.75, 3.05) is 11.9 Å². The van der Waals surface area contributed by atoms with Gasteiger partial charge in [-0.15, -0.1) is 0 Å². The first kappa shape index (κ1) is 12.1. The van der Waals surface area contributed by atoms with Crippen LogP contribution in [-0.4, -0.2) is 22.6 Å². The molecule has 0 saturated heterocycles. The first-order valence-electron chi connectivity index (χ1n) is 5.34. The molecule has 0 amide bonds. The van der Waals surface area contributed by atoms with E-state index in [2.05, 4.69) is 15.3 Å². The van der Waals surface area contributed by atoms with Gasteiger partial charge in [-0.3, -0.25) is 0 Å². The van der Waals surface area contributed by atoms with Gasteiger partial charge in [0.15, 0.2) is 5.69 Å². The summed E-state index contributed by atoms with van der Waals surface area (Å²) in [7, 11) is 0. The Labute approximate surface area is 96.4 Å². The number of hydrogen-bond donors (Lipinski definition) is 2. The van der Waals surface area contributed by atoms with Crippen molar-refractivity contribution in [3.05, 3.63) is 18.1 Å². The van der Waals surface area contributed by atoms with E-state index < -0.39 is 11.9 Å². The second kappa shape index (κ2) is 4.48. The van der Waals surface area contributed by atoms with E-state index in [-0.39, 0.29) is 6.04 Å². The largest absolute Gasteiger partial charge is 0.434 e. The molecule has 3 N–H and O–H groups in total. The van der Waals surface area contributed by atoms with E-state index in [1.165, 1.54) is 0 Å². The van der Waals surface area contributed by atoms with E-state index in [0.29, 0.717) is 18.3 Å². The molecule has 1 aromatic rings. The molecule has 1 heterocycles. The van der Waals surface area contributed by atoms with Crippen LogP contribution in [0.1, 0.15) is 18.5 Å². The monoisotopic (exact) mass is 246 g/mol. The number of rotatable bonds is 3. The van der Waals surface area contributed by atoms with Crippen LogP contribution in [0.15, 0.2) is 12.4 Å². The minimum Gasteiger partial charge on any atom is -0.369 e. The Morgan fingerprint density at radius 2 is 2.00 bits per heavy atom. The Hall–Kier alpha value is -1.37. The lowest BCUT2D eigenvalue weighted by molar-refractivity contribution is -0.141. The van der Waals surface area contributed by atoms with Gasteiger partial charge in [0, 0.05) is 12.6 Å². The molecule has 4 nitrogen and oxygen atoms in total. The van der Waals surface area contributed by atoms with Crippen LogP contribution in [0.2, 0.25) is 0 Å². The Kier molecular flexibility index (Phi) is 3.19. The molecule has 0 aliphatic heterocycles. The summed E-state index contributed by atoms with van der Waals surface area (Å²) < 4.78 is 36.6. The second-order valence-electron chi connectivity index (χ2n) is 4.26. The summed E-state index contributed by atoms with van der Waals surface area (Å²) in [4.78, 5) is 6.98. The third-order valence-corrected chi connectivity index (χ3v) is 2.79. The van der Waals surface area contributed by atoms with Gasteiger partial charge >= 0.3 is 6.18 Å². The lowest BCUT2D eigenvalue weighted by Crippen LogP contribution is -2.39. The minimum atomic E-state index is -4.44. The predicted octanol–water partition coefficient (Wildman–Crippen LogP) is 1.64. The molecule has 0 bridgehead atoms. The smallest absolute Gasteiger partial charge is 0.369 e. The number of nitrogens with one attached hydrogen (secondary N) is 1. The van der Waals surface area contributed by atoms with Crippen LogP contribution in [0, 0.1) is 5.92 Å². The SMILES string of the molecule is N[C@H]1C[C@@H](CNc2cnc(C(F)(F)F)cn2)C1. The van der Waals surface area contributed by atoms with E-state index in [4.69, 9.17) is 5.73 Å². The van der Waals surface area contributed by atoms with E-state index >= 15 is 0 Å². The van der Waals surface area contributed by atoms with Gasteiger partial charge in [0.2, 0.25) is 0 Å². The molecule has 7 heteroatoms. The number of aromatic nitrogens is 2. The topological polar surface area (TPSA) is 63.8 Å². The lowest BCUT2D eigenvalue weighted by atomic mass is 9.81. The number of hydrogen-bond acceptors (Lipinski definition) is 4. The molecule has 94 valence electrons. The zero-order chi connectivity index (χ0) is 12.5. The van der Waals surface area contributed by atoms with Crippen LogP contribution < -0.4 is 11.1 Å². The molecule has 1 fully saturated rings. The molecule has 0 unspecified atom stereocenters. The lowest BCUT2D eigenvalue weighted by Gasteiger charge is -2.32. The van der Waals surface area contributed by atoms with Crippen LogP contribution in [0.25, 0.3) is 0 Å². The van der Waals surface area contributed by atoms with E-state index in [0.717, 1.165) is 25.2 Å². The standard InChI is InChI=1S/C10H13F3N4/c11-10(12,13)8-4-17-9(5-15-8)16-3-6-1-7(14)2-6/h4-7H,1-3,14H2,(H,16,17)/t6-,7+. The minimum absolute atomic E-state index is 0.264. The van der Waals surface area contributed by atoms with Gasteiger partial charge in [0.25, 0.3) is 0 Å². The summed E-state index contributed by atoms with van der Waals surface area (Å²) >= 11 is 0. The fourth-order valence-electron chi connectivity index (χ4n) is 1.77. The number of nitrogens with two attached hydrogens (primary N) is 1. The Balaban J connectivity index is 1.86. The van der Waals surface area contributed by atoms with Crippen LogP contribution in [0.4, 0.5) is 19.0 Å². The van der Waals surface area contributed by atoms with Crippen molar-refractivity contribution in [2.45, 2.75) is 25.1 Å². The highest BCUT2D eigenvalue weighted by Gasteiger charge is 2.32. The molecule has 17 heavy (non-hydrogen) atoms. The first-order chi connectivity index (χ1) is 7.95. The fourth-order valence-corrected chi connectivity index (χ4v) is 1.77. The summed E-state index contributed by atoms with van der Waals surface area (Å²) in [5.41, 5.74) is 4.65. The van der Waals surface area contributed by atoms with Crippen LogP contribution in [0.3, 0.4) is 0 Å². The predicted molar refractivity (Wildman–Crippen MR) is 56.2 cm³/mol. The normalized spacial score (nSPS) is 24.2. The van der Waals surface area contributed by atoms with Crippen molar-refractivity contribution in [1.29, 1.82) is 0 Å². The highest BCUT2D eigenvalue weighted by molar-refractivity contribution is 5.31. The highest BCUT2D eigenvalue weighted by Crippen LogP contribution is 2.27. The third-order valence-electron chi connectivity index (χ3n) is 2.79. The maximum absolute atomic E-state index is 12.2. The molecular weight excluding hydrogens is 233 g/mol. The molecule has 0 atom stereocenters. The van der Waals surface area contributed by atoms with Gasteiger partial charge < -0.3 is 11.1 Å². The Morgan fingerprint density at radius 3 is 2.47 bits per heavy atom. The van der Waals surface area contributed by atoms with Crippen molar-refractivity contribution in [3.63, 3.8) is 0 Å². The molecule has 2 rings (SSSR count). The van der Waals surface area contributed by atoms with Crippen LogP contribution in [0.5, 0.6) is 0 Å². The first-order valence-corrected chi connectivity index (χ1v) is 5.34. The van der Waals surface area contributed by atoms with Gasteiger partial charge in [0.1, 0.15) is 5.82 Å². The zero-order valence-corrected chi connectivity index (χ0v) is 9.04. The quantitative estimate of drug-likeness (QED) is 0.851. The molecule has 1 aromatic heterocycles. The van der Waals surface area contributed by atoms with Crippen molar-refractivity contribution in [3.8, 4) is 0 Å². The van der Waals surface area contributed by atoms with Gasteiger partial charge in [-0.2, -0.15) is 13.2 Å². The summed E-state index contributed by atoms with van der Waals surface area (Å²) in [5, 5.41) is 2.95. The molecule has 1 saturated carbocycles. The van der Waals surface area contributed by atoms with E-state index in [9.17, 15) is 13.2 Å². The molecule has 0 aromatic carbocycles. The van der Waals surface area contributed by atoms with Gasteiger partial charge in [-0.1, -0.05) is 0 Å². The Bertz CT molecular complexity index is 370. The zero-order valence-electron chi connectivity index (χ0n) is 9.04. The average Bonchev–Trinajstić information content (AvgIpc) is 2.22. The maximum Gasteiger partial charge on any atom is 0.434 e. The van der Waals surface area contributed by atoms with E-state index in [1.807, 2.05) is 0 Å². The molecule has 0 spiro atoms.